The molecule has 0 heterocycles. The second-order valence-electron chi connectivity index (χ2n) is 4.98. The molecule has 0 unspecified atom stereocenters. The monoisotopic (exact) mass is 319 g/mol. The number of carbonyl (C=O) groups excluding carboxylic acids is 2. The van der Waals surface area contributed by atoms with Gasteiger partial charge in [0.05, 0.1) is 12.7 Å². The molecule has 1 aromatic rings. The fourth-order valence-electron chi connectivity index (χ4n) is 1.58. The summed E-state index contributed by atoms with van der Waals surface area (Å²) in [6, 6.07) is 3.93. The van der Waals surface area contributed by atoms with Gasteiger partial charge in [-0.05, 0) is 38.1 Å². The lowest BCUT2D eigenvalue weighted by Gasteiger charge is -2.23. The summed E-state index contributed by atoms with van der Waals surface area (Å²) in [4.78, 5) is 23.0. The van der Waals surface area contributed by atoms with Crippen LogP contribution in [0.2, 0.25) is 0 Å². The minimum atomic E-state index is -4.43. The van der Waals surface area contributed by atoms with Crippen molar-refractivity contribution in [2.75, 3.05) is 13.7 Å². The van der Waals surface area contributed by atoms with Crippen LogP contribution in [0.25, 0.3) is 0 Å². The number of methoxy groups -OCH3 is 1. The second kappa shape index (κ2) is 6.67. The van der Waals surface area contributed by atoms with Crippen molar-refractivity contribution >= 4 is 11.9 Å². The Morgan fingerprint density at radius 3 is 2.14 bits per heavy atom. The standard InChI is InChI=1S/C14H16F3NO4/c1-13(2,12(20)21-3)18-11(19)8-22-10-6-4-9(5-7-10)14(15,16)17/h4-7H,8H2,1-3H3,(H,18,19). The highest BCUT2D eigenvalue weighted by atomic mass is 19.4. The van der Waals surface area contributed by atoms with Crippen molar-refractivity contribution in [3.05, 3.63) is 29.8 Å². The molecule has 0 atom stereocenters. The second-order valence-corrected chi connectivity index (χ2v) is 4.98. The van der Waals surface area contributed by atoms with Crippen molar-refractivity contribution < 1.29 is 32.2 Å². The van der Waals surface area contributed by atoms with E-state index in [9.17, 15) is 22.8 Å². The highest BCUT2D eigenvalue weighted by molar-refractivity contribution is 5.87. The molecule has 0 saturated carbocycles. The van der Waals surface area contributed by atoms with Gasteiger partial charge in [-0.3, -0.25) is 4.79 Å². The molecule has 122 valence electrons. The van der Waals surface area contributed by atoms with Crippen LogP contribution in [-0.2, 0) is 20.5 Å². The van der Waals surface area contributed by atoms with E-state index in [4.69, 9.17) is 4.74 Å². The summed E-state index contributed by atoms with van der Waals surface area (Å²) in [5.74, 6) is -1.12. The van der Waals surface area contributed by atoms with Gasteiger partial charge in [-0.2, -0.15) is 13.2 Å². The maximum absolute atomic E-state index is 12.4. The van der Waals surface area contributed by atoms with E-state index in [0.717, 1.165) is 24.3 Å². The lowest BCUT2D eigenvalue weighted by molar-refractivity contribution is -0.149. The quantitative estimate of drug-likeness (QED) is 0.845. The van der Waals surface area contributed by atoms with Crippen molar-refractivity contribution in [3.63, 3.8) is 0 Å². The average molecular weight is 319 g/mol. The van der Waals surface area contributed by atoms with Crippen LogP contribution in [0.15, 0.2) is 24.3 Å². The van der Waals surface area contributed by atoms with Gasteiger partial charge < -0.3 is 14.8 Å². The van der Waals surface area contributed by atoms with Gasteiger partial charge in [0.1, 0.15) is 11.3 Å². The smallest absolute Gasteiger partial charge is 0.416 e. The number of rotatable bonds is 5. The van der Waals surface area contributed by atoms with Crippen LogP contribution in [0.1, 0.15) is 19.4 Å². The number of hydrogen-bond acceptors (Lipinski definition) is 4. The van der Waals surface area contributed by atoms with Crippen LogP contribution in [0.3, 0.4) is 0 Å². The Balaban J connectivity index is 2.56. The zero-order chi connectivity index (χ0) is 17.0. The Morgan fingerprint density at radius 2 is 1.68 bits per heavy atom. The molecule has 1 amide bonds. The number of esters is 1. The molecule has 1 N–H and O–H groups in total. The van der Waals surface area contributed by atoms with Crippen molar-refractivity contribution in [3.8, 4) is 5.75 Å². The molecule has 0 aliphatic carbocycles. The first-order chi connectivity index (χ1) is 10.1. The van der Waals surface area contributed by atoms with Crippen LogP contribution in [0.4, 0.5) is 13.2 Å². The Bertz CT molecular complexity index is 538. The molecule has 1 rings (SSSR count). The Labute approximate surface area is 125 Å². The highest BCUT2D eigenvalue weighted by Crippen LogP contribution is 2.30. The third-order valence-electron chi connectivity index (χ3n) is 2.70. The SMILES string of the molecule is COC(=O)C(C)(C)NC(=O)COc1ccc(C(F)(F)F)cc1. The number of carbonyl (C=O) groups is 2. The van der Waals surface area contributed by atoms with Crippen molar-refractivity contribution in [1.82, 2.24) is 5.32 Å². The fourth-order valence-corrected chi connectivity index (χ4v) is 1.58. The molecule has 0 aromatic heterocycles. The van der Waals surface area contributed by atoms with Crippen molar-refractivity contribution in [1.29, 1.82) is 0 Å². The van der Waals surface area contributed by atoms with Gasteiger partial charge in [0.15, 0.2) is 6.61 Å². The first-order valence-electron chi connectivity index (χ1n) is 6.26. The lowest BCUT2D eigenvalue weighted by Crippen LogP contribution is -2.51. The summed E-state index contributed by atoms with van der Waals surface area (Å²) in [5.41, 5.74) is -2.04. The van der Waals surface area contributed by atoms with E-state index < -0.39 is 35.8 Å². The molecular weight excluding hydrogens is 303 g/mol. The maximum atomic E-state index is 12.4. The number of ether oxygens (including phenoxy) is 2. The van der Waals surface area contributed by atoms with Gasteiger partial charge >= 0.3 is 12.1 Å². The first-order valence-corrected chi connectivity index (χ1v) is 6.26. The molecule has 0 aliphatic heterocycles. The number of halogens is 3. The summed E-state index contributed by atoms with van der Waals surface area (Å²) in [7, 11) is 1.19. The third kappa shape index (κ3) is 4.94. The largest absolute Gasteiger partial charge is 0.484 e. The van der Waals surface area contributed by atoms with E-state index in [1.54, 1.807) is 0 Å². The molecule has 0 aliphatic rings. The van der Waals surface area contributed by atoms with E-state index in [-0.39, 0.29) is 5.75 Å². The summed E-state index contributed by atoms with van der Waals surface area (Å²) in [6.45, 7) is 2.47. The summed E-state index contributed by atoms with van der Waals surface area (Å²) in [6.07, 6.45) is -4.43. The summed E-state index contributed by atoms with van der Waals surface area (Å²) < 4.78 is 46.7. The van der Waals surface area contributed by atoms with Gasteiger partial charge in [0.2, 0.25) is 0 Å². The molecule has 0 fully saturated rings. The van der Waals surface area contributed by atoms with Crippen LogP contribution >= 0.6 is 0 Å². The molecule has 22 heavy (non-hydrogen) atoms. The number of alkyl halides is 3. The number of benzene rings is 1. The molecule has 0 radical (unpaired) electrons. The number of amides is 1. The maximum Gasteiger partial charge on any atom is 0.416 e. The minimum Gasteiger partial charge on any atom is -0.484 e. The molecule has 0 bridgehead atoms. The fraction of sp³-hybridized carbons (Fsp3) is 0.429. The van der Waals surface area contributed by atoms with E-state index in [1.807, 2.05) is 0 Å². The zero-order valence-corrected chi connectivity index (χ0v) is 12.3. The normalized spacial score (nSPS) is 11.7. The minimum absolute atomic E-state index is 0.110. The van der Waals surface area contributed by atoms with Crippen molar-refractivity contribution in [2.45, 2.75) is 25.6 Å². The number of nitrogens with one attached hydrogen (secondary N) is 1. The molecule has 8 heteroatoms. The van der Waals surface area contributed by atoms with Crippen molar-refractivity contribution in [2.24, 2.45) is 0 Å². The van der Waals surface area contributed by atoms with E-state index in [1.165, 1.54) is 21.0 Å². The molecular formula is C14H16F3NO4. The molecule has 1 aromatic carbocycles. The molecule has 0 spiro atoms. The van der Waals surface area contributed by atoms with Gasteiger partial charge in [-0.25, -0.2) is 4.79 Å². The predicted octanol–water partition coefficient (Wildman–Crippen LogP) is 2.15. The summed E-state index contributed by atoms with van der Waals surface area (Å²) in [5, 5.41) is 2.39. The Hall–Kier alpha value is -2.25. The van der Waals surface area contributed by atoms with E-state index in [0.29, 0.717) is 0 Å². The van der Waals surface area contributed by atoms with Gasteiger partial charge in [0.25, 0.3) is 5.91 Å². The molecule has 0 saturated heterocycles. The van der Waals surface area contributed by atoms with E-state index >= 15 is 0 Å². The first kappa shape index (κ1) is 17.8. The molecule has 5 nitrogen and oxygen atoms in total. The average Bonchev–Trinajstić information content (AvgIpc) is 2.43. The summed E-state index contributed by atoms with van der Waals surface area (Å²) >= 11 is 0. The van der Waals surface area contributed by atoms with Crippen LogP contribution in [0, 0.1) is 0 Å². The van der Waals surface area contributed by atoms with Crippen LogP contribution in [0.5, 0.6) is 5.75 Å². The van der Waals surface area contributed by atoms with Gasteiger partial charge in [0, 0.05) is 0 Å². The lowest BCUT2D eigenvalue weighted by atomic mass is 10.1. The highest BCUT2D eigenvalue weighted by Gasteiger charge is 2.31. The Kier molecular flexibility index (Phi) is 5.40. The third-order valence-corrected chi connectivity index (χ3v) is 2.70. The number of hydrogen-bond donors (Lipinski definition) is 1. The predicted molar refractivity (Wildman–Crippen MR) is 71.2 cm³/mol. The zero-order valence-electron chi connectivity index (χ0n) is 12.3. The topological polar surface area (TPSA) is 64.6 Å². The van der Waals surface area contributed by atoms with Crippen LogP contribution < -0.4 is 10.1 Å². The Morgan fingerprint density at radius 1 is 1.14 bits per heavy atom. The van der Waals surface area contributed by atoms with E-state index in [2.05, 4.69) is 10.1 Å². The van der Waals surface area contributed by atoms with Gasteiger partial charge in [-0.1, -0.05) is 0 Å². The van der Waals surface area contributed by atoms with Gasteiger partial charge in [-0.15, -0.1) is 0 Å². The van der Waals surface area contributed by atoms with Crippen LogP contribution in [-0.4, -0.2) is 31.1 Å².